The van der Waals surface area contributed by atoms with Crippen LogP contribution in [0.1, 0.15) is 28.3 Å². The van der Waals surface area contributed by atoms with E-state index in [2.05, 4.69) is 5.32 Å². The maximum absolute atomic E-state index is 14.2. The van der Waals surface area contributed by atoms with E-state index < -0.39 is 17.7 Å². The van der Waals surface area contributed by atoms with Gasteiger partial charge in [-0.3, -0.25) is 0 Å². The molecule has 0 aliphatic heterocycles. The maximum Gasteiger partial charge on any atom is 0.162 e. The van der Waals surface area contributed by atoms with Crippen LogP contribution < -0.4 is 5.32 Å². The summed E-state index contributed by atoms with van der Waals surface area (Å²) in [6.07, 6.45) is 0.181. The second-order valence-electron chi connectivity index (χ2n) is 5.24. The summed E-state index contributed by atoms with van der Waals surface area (Å²) < 4.78 is 41.3. The monoisotopic (exact) mass is 293 g/mol. The Morgan fingerprint density at radius 3 is 2.38 bits per heavy atom. The largest absolute Gasteiger partial charge is 0.313 e. The summed E-state index contributed by atoms with van der Waals surface area (Å²) in [5, 5.41) is 2.99. The zero-order chi connectivity index (χ0) is 15.6. The SMILES string of the molecule is CNC(Cc1cccc(F)c1F)c1c(C)cc(C)cc1F. The van der Waals surface area contributed by atoms with Gasteiger partial charge in [0.2, 0.25) is 0 Å². The standard InChI is InChI=1S/C17H18F3N/c1-10-7-11(2)16(14(19)8-10)15(21-3)9-12-5-4-6-13(18)17(12)20/h4-8,15,21H,9H2,1-3H3. The van der Waals surface area contributed by atoms with Crippen LogP contribution in [0.4, 0.5) is 13.2 Å². The molecule has 0 fully saturated rings. The predicted molar refractivity (Wildman–Crippen MR) is 77.7 cm³/mol. The van der Waals surface area contributed by atoms with Crippen molar-refractivity contribution in [3.63, 3.8) is 0 Å². The van der Waals surface area contributed by atoms with Crippen LogP contribution >= 0.6 is 0 Å². The molecular formula is C17H18F3N. The first kappa shape index (κ1) is 15.6. The maximum atomic E-state index is 14.2. The van der Waals surface area contributed by atoms with Gasteiger partial charge in [-0.15, -0.1) is 0 Å². The first-order chi connectivity index (χ1) is 9.93. The zero-order valence-electron chi connectivity index (χ0n) is 12.3. The van der Waals surface area contributed by atoms with Gasteiger partial charge in [0.1, 0.15) is 5.82 Å². The van der Waals surface area contributed by atoms with Gasteiger partial charge in [-0.1, -0.05) is 18.2 Å². The molecule has 2 rings (SSSR count). The van der Waals surface area contributed by atoms with Crippen molar-refractivity contribution in [2.75, 3.05) is 7.05 Å². The third-order valence-electron chi connectivity index (χ3n) is 3.63. The predicted octanol–water partition coefficient (Wildman–Crippen LogP) is 4.22. The molecule has 1 nitrogen and oxygen atoms in total. The Morgan fingerprint density at radius 2 is 1.76 bits per heavy atom. The van der Waals surface area contributed by atoms with E-state index in [4.69, 9.17) is 0 Å². The second-order valence-corrected chi connectivity index (χ2v) is 5.24. The molecule has 1 N–H and O–H groups in total. The zero-order valence-corrected chi connectivity index (χ0v) is 12.3. The molecule has 21 heavy (non-hydrogen) atoms. The Bertz CT molecular complexity index is 629. The minimum absolute atomic E-state index is 0.181. The summed E-state index contributed by atoms with van der Waals surface area (Å²) in [5.74, 6) is -2.09. The fraction of sp³-hybridized carbons (Fsp3) is 0.294. The number of likely N-dealkylation sites (N-methyl/N-ethyl adjacent to an activating group) is 1. The second kappa shape index (κ2) is 6.31. The molecule has 0 aliphatic carbocycles. The lowest BCUT2D eigenvalue weighted by atomic mass is 9.93. The Labute approximate surface area is 122 Å². The number of hydrogen-bond acceptors (Lipinski definition) is 1. The lowest BCUT2D eigenvalue weighted by Crippen LogP contribution is -2.22. The van der Waals surface area contributed by atoms with E-state index in [0.29, 0.717) is 5.56 Å². The third-order valence-corrected chi connectivity index (χ3v) is 3.63. The Balaban J connectivity index is 2.39. The molecule has 0 spiro atoms. The highest BCUT2D eigenvalue weighted by atomic mass is 19.2. The van der Waals surface area contributed by atoms with Gasteiger partial charge in [-0.2, -0.15) is 0 Å². The molecule has 1 unspecified atom stereocenters. The molecule has 4 heteroatoms. The number of aryl methyl sites for hydroxylation is 2. The van der Waals surface area contributed by atoms with Crippen molar-refractivity contribution >= 4 is 0 Å². The minimum Gasteiger partial charge on any atom is -0.313 e. The summed E-state index contributed by atoms with van der Waals surface area (Å²) in [6.45, 7) is 3.64. The molecule has 0 bridgehead atoms. The van der Waals surface area contributed by atoms with Crippen molar-refractivity contribution in [3.8, 4) is 0 Å². The average Bonchev–Trinajstić information content (AvgIpc) is 2.41. The van der Waals surface area contributed by atoms with Crippen molar-refractivity contribution in [1.82, 2.24) is 5.32 Å². The van der Waals surface area contributed by atoms with E-state index in [1.165, 1.54) is 18.2 Å². The Morgan fingerprint density at radius 1 is 1.05 bits per heavy atom. The number of benzene rings is 2. The van der Waals surface area contributed by atoms with Crippen LogP contribution in [0.25, 0.3) is 0 Å². The fourth-order valence-electron chi connectivity index (χ4n) is 2.64. The van der Waals surface area contributed by atoms with Gasteiger partial charge in [0, 0.05) is 11.6 Å². The first-order valence-electron chi connectivity index (χ1n) is 6.80. The molecule has 0 amide bonds. The van der Waals surface area contributed by atoms with Gasteiger partial charge in [-0.05, 0) is 56.1 Å². The van der Waals surface area contributed by atoms with Gasteiger partial charge in [0.05, 0.1) is 0 Å². The lowest BCUT2D eigenvalue weighted by Gasteiger charge is -2.20. The molecular weight excluding hydrogens is 275 g/mol. The van der Waals surface area contributed by atoms with E-state index in [-0.39, 0.29) is 17.8 Å². The van der Waals surface area contributed by atoms with Gasteiger partial charge in [-0.25, -0.2) is 13.2 Å². The number of rotatable bonds is 4. The topological polar surface area (TPSA) is 12.0 Å². The smallest absolute Gasteiger partial charge is 0.162 e. The van der Waals surface area contributed by atoms with E-state index >= 15 is 0 Å². The van der Waals surface area contributed by atoms with Gasteiger partial charge >= 0.3 is 0 Å². The summed E-state index contributed by atoms with van der Waals surface area (Å²) >= 11 is 0. The molecule has 1 atom stereocenters. The van der Waals surface area contributed by atoms with Gasteiger partial charge in [0.15, 0.2) is 11.6 Å². The quantitative estimate of drug-likeness (QED) is 0.890. The Hall–Kier alpha value is -1.81. The molecule has 0 aliphatic rings. The molecule has 2 aromatic carbocycles. The van der Waals surface area contributed by atoms with Crippen molar-refractivity contribution in [2.24, 2.45) is 0 Å². The highest BCUT2D eigenvalue weighted by molar-refractivity contribution is 5.35. The van der Waals surface area contributed by atoms with E-state index in [1.54, 1.807) is 7.05 Å². The third kappa shape index (κ3) is 3.27. The number of nitrogens with one attached hydrogen (secondary N) is 1. The highest BCUT2D eigenvalue weighted by Gasteiger charge is 2.20. The highest BCUT2D eigenvalue weighted by Crippen LogP contribution is 2.27. The molecule has 2 aromatic rings. The first-order valence-corrected chi connectivity index (χ1v) is 6.80. The van der Waals surface area contributed by atoms with Gasteiger partial charge < -0.3 is 5.32 Å². The normalized spacial score (nSPS) is 12.5. The molecule has 0 radical (unpaired) electrons. The number of hydrogen-bond donors (Lipinski definition) is 1. The van der Waals surface area contributed by atoms with Crippen LogP contribution in [0.2, 0.25) is 0 Å². The van der Waals surface area contributed by atoms with Crippen molar-refractivity contribution < 1.29 is 13.2 Å². The van der Waals surface area contributed by atoms with E-state index in [0.717, 1.165) is 17.2 Å². The van der Waals surface area contributed by atoms with Crippen molar-refractivity contribution in [3.05, 3.63) is 70.0 Å². The van der Waals surface area contributed by atoms with Crippen LogP contribution in [0.15, 0.2) is 30.3 Å². The molecule has 0 saturated heterocycles. The molecule has 0 aromatic heterocycles. The Kier molecular flexibility index (Phi) is 4.68. The van der Waals surface area contributed by atoms with E-state index in [9.17, 15) is 13.2 Å². The van der Waals surface area contributed by atoms with Crippen molar-refractivity contribution in [2.45, 2.75) is 26.3 Å². The van der Waals surface area contributed by atoms with E-state index in [1.807, 2.05) is 19.9 Å². The van der Waals surface area contributed by atoms with Crippen LogP contribution in [0.3, 0.4) is 0 Å². The molecule has 112 valence electrons. The summed E-state index contributed by atoms with van der Waals surface area (Å²) in [5.41, 5.74) is 2.35. The van der Waals surface area contributed by atoms with Crippen molar-refractivity contribution in [1.29, 1.82) is 0 Å². The number of halogens is 3. The lowest BCUT2D eigenvalue weighted by molar-refractivity contribution is 0.480. The van der Waals surface area contributed by atoms with Crippen LogP contribution in [-0.4, -0.2) is 7.05 Å². The summed E-state index contributed by atoms with van der Waals surface area (Å²) in [4.78, 5) is 0. The van der Waals surface area contributed by atoms with Crippen LogP contribution in [0.5, 0.6) is 0 Å². The summed E-state index contributed by atoms with van der Waals surface area (Å²) in [6, 6.07) is 6.97. The molecule has 0 saturated carbocycles. The molecule has 0 heterocycles. The average molecular weight is 293 g/mol. The van der Waals surface area contributed by atoms with Gasteiger partial charge in [0.25, 0.3) is 0 Å². The fourth-order valence-corrected chi connectivity index (χ4v) is 2.64. The summed E-state index contributed by atoms with van der Waals surface area (Å²) in [7, 11) is 1.68. The minimum atomic E-state index is -0.886. The van der Waals surface area contributed by atoms with Crippen LogP contribution in [-0.2, 0) is 6.42 Å². The van der Waals surface area contributed by atoms with Crippen LogP contribution in [0, 0.1) is 31.3 Å².